The van der Waals surface area contributed by atoms with Crippen LogP contribution in [0.3, 0.4) is 0 Å². The molecule has 0 aliphatic carbocycles. The van der Waals surface area contributed by atoms with E-state index in [-0.39, 0.29) is 11.9 Å². The van der Waals surface area contributed by atoms with Crippen LogP contribution in [0.15, 0.2) is 30.3 Å². The molecule has 17 heavy (non-hydrogen) atoms. The summed E-state index contributed by atoms with van der Waals surface area (Å²) in [5, 5.41) is 3.28. The highest BCUT2D eigenvalue weighted by Gasteiger charge is 2.17. The summed E-state index contributed by atoms with van der Waals surface area (Å²) < 4.78 is 0. The number of benzene rings is 1. The Hall–Kier alpha value is -1.35. The fraction of sp³-hybridized carbons (Fsp3) is 0.500. The van der Waals surface area contributed by atoms with Crippen LogP contribution in [0.2, 0.25) is 0 Å². The monoisotopic (exact) mass is 232 g/mol. The third-order valence-electron chi connectivity index (χ3n) is 3.32. The standard InChI is InChI=1S/C14H20N2O/c1-12(13-7-3-2-4-8-13)15-11-14(17)16-9-5-6-10-16/h2-4,7-8,12,15H,5-6,9-11H2,1H3. The van der Waals surface area contributed by atoms with Gasteiger partial charge in [-0.25, -0.2) is 0 Å². The topological polar surface area (TPSA) is 32.3 Å². The van der Waals surface area contributed by atoms with E-state index in [4.69, 9.17) is 0 Å². The Bertz CT molecular complexity index is 358. The molecule has 1 amide bonds. The molecule has 0 radical (unpaired) electrons. The maximum Gasteiger partial charge on any atom is 0.236 e. The van der Waals surface area contributed by atoms with Crippen LogP contribution in [0, 0.1) is 0 Å². The Kier molecular flexibility index (Phi) is 4.15. The largest absolute Gasteiger partial charge is 0.342 e. The van der Waals surface area contributed by atoms with Gasteiger partial charge in [0.25, 0.3) is 0 Å². The lowest BCUT2D eigenvalue weighted by atomic mass is 10.1. The van der Waals surface area contributed by atoms with Gasteiger partial charge in [0.1, 0.15) is 0 Å². The van der Waals surface area contributed by atoms with Crippen LogP contribution in [-0.2, 0) is 4.79 Å². The normalized spacial score (nSPS) is 17.1. The summed E-state index contributed by atoms with van der Waals surface area (Å²) in [6, 6.07) is 10.4. The third-order valence-corrected chi connectivity index (χ3v) is 3.32. The number of hydrogen-bond donors (Lipinski definition) is 1. The summed E-state index contributed by atoms with van der Waals surface area (Å²) in [6.07, 6.45) is 2.31. The lowest BCUT2D eigenvalue weighted by molar-refractivity contribution is -0.129. The van der Waals surface area contributed by atoms with E-state index in [0.29, 0.717) is 6.54 Å². The average Bonchev–Trinajstić information content (AvgIpc) is 2.90. The summed E-state index contributed by atoms with van der Waals surface area (Å²) in [5.74, 6) is 0.227. The maximum absolute atomic E-state index is 11.8. The summed E-state index contributed by atoms with van der Waals surface area (Å²) >= 11 is 0. The SMILES string of the molecule is CC(NCC(=O)N1CCCC1)c1ccccc1. The zero-order valence-corrected chi connectivity index (χ0v) is 10.4. The van der Waals surface area contributed by atoms with Crippen molar-refractivity contribution in [3.05, 3.63) is 35.9 Å². The summed E-state index contributed by atoms with van der Waals surface area (Å²) in [7, 11) is 0. The molecule has 1 aliphatic heterocycles. The molecular formula is C14H20N2O. The molecule has 1 atom stereocenters. The number of carbonyl (C=O) groups is 1. The summed E-state index contributed by atoms with van der Waals surface area (Å²) in [6.45, 7) is 4.39. The minimum absolute atomic E-state index is 0.225. The zero-order chi connectivity index (χ0) is 12.1. The number of carbonyl (C=O) groups excluding carboxylic acids is 1. The minimum Gasteiger partial charge on any atom is -0.342 e. The van der Waals surface area contributed by atoms with Crippen LogP contribution < -0.4 is 5.32 Å². The van der Waals surface area contributed by atoms with Crippen LogP contribution in [0.5, 0.6) is 0 Å². The smallest absolute Gasteiger partial charge is 0.236 e. The molecule has 1 aromatic rings. The Balaban J connectivity index is 1.80. The van der Waals surface area contributed by atoms with Crippen LogP contribution in [0.1, 0.15) is 31.4 Å². The average molecular weight is 232 g/mol. The van der Waals surface area contributed by atoms with Crippen molar-refractivity contribution in [1.82, 2.24) is 10.2 Å². The Morgan fingerprint density at radius 3 is 2.59 bits per heavy atom. The quantitative estimate of drug-likeness (QED) is 0.860. The van der Waals surface area contributed by atoms with Crippen LogP contribution >= 0.6 is 0 Å². The molecule has 0 saturated carbocycles. The van der Waals surface area contributed by atoms with E-state index in [1.165, 1.54) is 5.56 Å². The molecule has 3 heteroatoms. The first-order valence-corrected chi connectivity index (χ1v) is 6.33. The van der Waals surface area contributed by atoms with Gasteiger partial charge in [0.05, 0.1) is 6.54 Å². The molecule has 1 aromatic carbocycles. The summed E-state index contributed by atoms with van der Waals surface area (Å²) in [5.41, 5.74) is 1.22. The van der Waals surface area contributed by atoms with Gasteiger partial charge < -0.3 is 10.2 Å². The summed E-state index contributed by atoms with van der Waals surface area (Å²) in [4.78, 5) is 13.8. The molecule has 1 heterocycles. The molecule has 1 saturated heterocycles. The molecule has 0 bridgehead atoms. The maximum atomic E-state index is 11.8. The second-order valence-corrected chi connectivity index (χ2v) is 4.60. The van der Waals surface area contributed by atoms with Gasteiger partial charge in [-0.1, -0.05) is 30.3 Å². The first-order chi connectivity index (χ1) is 8.27. The molecule has 0 spiro atoms. The Morgan fingerprint density at radius 1 is 1.29 bits per heavy atom. The fourth-order valence-electron chi connectivity index (χ4n) is 2.18. The predicted molar refractivity (Wildman–Crippen MR) is 68.7 cm³/mol. The van der Waals surface area contributed by atoms with Gasteiger partial charge in [0.15, 0.2) is 0 Å². The first-order valence-electron chi connectivity index (χ1n) is 6.33. The van der Waals surface area contributed by atoms with Crippen molar-refractivity contribution >= 4 is 5.91 Å². The van der Waals surface area contributed by atoms with Gasteiger partial charge in [0.2, 0.25) is 5.91 Å². The number of rotatable bonds is 4. The van der Waals surface area contributed by atoms with Gasteiger partial charge in [-0.3, -0.25) is 4.79 Å². The molecule has 1 fully saturated rings. The lowest BCUT2D eigenvalue weighted by Crippen LogP contribution is -2.37. The third kappa shape index (κ3) is 3.30. The van der Waals surface area contributed by atoms with Crippen LogP contribution in [0.25, 0.3) is 0 Å². The highest BCUT2D eigenvalue weighted by atomic mass is 16.2. The molecule has 2 rings (SSSR count). The molecule has 3 nitrogen and oxygen atoms in total. The molecular weight excluding hydrogens is 212 g/mol. The van der Waals surface area contributed by atoms with E-state index >= 15 is 0 Å². The van der Waals surface area contributed by atoms with Crippen LogP contribution in [-0.4, -0.2) is 30.4 Å². The minimum atomic E-state index is 0.225. The number of amides is 1. The van der Waals surface area contributed by atoms with E-state index in [1.54, 1.807) is 0 Å². The Labute approximate surface area is 103 Å². The van der Waals surface area contributed by atoms with E-state index in [0.717, 1.165) is 25.9 Å². The molecule has 1 aliphatic rings. The molecule has 1 N–H and O–H groups in total. The van der Waals surface area contributed by atoms with E-state index in [2.05, 4.69) is 24.4 Å². The molecule has 1 unspecified atom stereocenters. The predicted octanol–water partition coefficient (Wildman–Crippen LogP) is 1.96. The zero-order valence-electron chi connectivity index (χ0n) is 10.4. The van der Waals surface area contributed by atoms with Crippen molar-refractivity contribution in [2.45, 2.75) is 25.8 Å². The van der Waals surface area contributed by atoms with Crippen LogP contribution in [0.4, 0.5) is 0 Å². The lowest BCUT2D eigenvalue weighted by Gasteiger charge is -2.18. The van der Waals surface area contributed by atoms with Crippen molar-refractivity contribution in [3.63, 3.8) is 0 Å². The van der Waals surface area contributed by atoms with Crippen molar-refractivity contribution in [2.75, 3.05) is 19.6 Å². The molecule has 0 aromatic heterocycles. The number of hydrogen-bond acceptors (Lipinski definition) is 2. The van der Waals surface area contributed by atoms with E-state index in [9.17, 15) is 4.79 Å². The number of nitrogens with zero attached hydrogens (tertiary/aromatic N) is 1. The van der Waals surface area contributed by atoms with Gasteiger partial charge in [-0.2, -0.15) is 0 Å². The van der Waals surface area contributed by atoms with Gasteiger partial charge >= 0.3 is 0 Å². The Morgan fingerprint density at radius 2 is 1.94 bits per heavy atom. The highest BCUT2D eigenvalue weighted by Crippen LogP contribution is 2.11. The van der Waals surface area contributed by atoms with Gasteiger partial charge in [-0.05, 0) is 25.3 Å². The van der Waals surface area contributed by atoms with E-state index in [1.807, 2.05) is 23.1 Å². The fourth-order valence-corrected chi connectivity index (χ4v) is 2.18. The van der Waals surface area contributed by atoms with Gasteiger partial charge in [-0.15, -0.1) is 0 Å². The van der Waals surface area contributed by atoms with Crippen molar-refractivity contribution in [2.24, 2.45) is 0 Å². The van der Waals surface area contributed by atoms with Crippen molar-refractivity contribution in [3.8, 4) is 0 Å². The van der Waals surface area contributed by atoms with Crippen molar-refractivity contribution in [1.29, 1.82) is 0 Å². The van der Waals surface area contributed by atoms with E-state index < -0.39 is 0 Å². The second kappa shape index (κ2) is 5.82. The second-order valence-electron chi connectivity index (χ2n) is 4.60. The number of likely N-dealkylation sites (tertiary alicyclic amines) is 1. The molecule has 92 valence electrons. The first kappa shape index (κ1) is 12.1. The van der Waals surface area contributed by atoms with Gasteiger partial charge in [0, 0.05) is 19.1 Å². The van der Waals surface area contributed by atoms with Crippen molar-refractivity contribution < 1.29 is 4.79 Å². The number of nitrogens with one attached hydrogen (secondary N) is 1. The highest BCUT2D eigenvalue weighted by molar-refractivity contribution is 5.78.